The van der Waals surface area contributed by atoms with E-state index in [2.05, 4.69) is 32.6 Å². The maximum absolute atomic E-state index is 13.0. The van der Waals surface area contributed by atoms with Crippen molar-refractivity contribution in [2.75, 3.05) is 13.7 Å². The molecule has 3 aromatic carbocycles. The third kappa shape index (κ3) is 5.28. The Bertz CT molecular complexity index is 1460. The van der Waals surface area contributed by atoms with E-state index in [-0.39, 0.29) is 11.8 Å². The number of methoxy groups -OCH3 is 1. The van der Waals surface area contributed by atoms with E-state index in [1.54, 1.807) is 25.8 Å². The predicted molar refractivity (Wildman–Crippen MR) is 141 cm³/mol. The van der Waals surface area contributed by atoms with Gasteiger partial charge in [0, 0.05) is 40.0 Å². The normalized spacial score (nSPS) is 11.9. The van der Waals surface area contributed by atoms with Crippen LogP contribution in [0.1, 0.15) is 39.1 Å². The van der Waals surface area contributed by atoms with Crippen LogP contribution < -0.4 is 10.1 Å². The third-order valence-corrected chi connectivity index (χ3v) is 7.03. The molecular formula is C28H26N4O3S. The van der Waals surface area contributed by atoms with Crippen LogP contribution in [-0.4, -0.2) is 34.7 Å². The van der Waals surface area contributed by atoms with Gasteiger partial charge in [-0.2, -0.15) is 4.98 Å². The molecule has 0 spiro atoms. The first kappa shape index (κ1) is 23.7. The molecule has 1 amide bonds. The maximum atomic E-state index is 13.0. The first-order chi connectivity index (χ1) is 17.6. The number of thioether (sulfide) groups is 1. The lowest BCUT2D eigenvalue weighted by Crippen LogP contribution is -2.28. The summed E-state index contributed by atoms with van der Waals surface area (Å²) in [5, 5.41) is 8.08. The summed E-state index contributed by atoms with van der Waals surface area (Å²) in [6.45, 7) is 2.25. The van der Waals surface area contributed by atoms with E-state index < -0.39 is 0 Å². The molecule has 0 fully saturated rings. The minimum atomic E-state index is -0.113. The summed E-state index contributed by atoms with van der Waals surface area (Å²) in [6.07, 6.45) is 2.03. The summed E-state index contributed by atoms with van der Waals surface area (Å²) in [5.74, 6) is 2.45. The summed E-state index contributed by atoms with van der Waals surface area (Å²) in [4.78, 5) is 21.6. The molecular weight excluding hydrogens is 472 g/mol. The number of benzene rings is 3. The number of amides is 1. The molecule has 0 aliphatic carbocycles. The highest BCUT2D eigenvalue weighted by molar-refractivity contribution is 7.98. The lowest BCUT2D eigenvalue weighted by molar-refractivity contribution is 0.0952. The van der Waals surface area contributed by atoms with E-state index in [1.165, 1.54) is 0 Å². The summed E-state index contributed by atoms with van der Waals surface area (Å²) in [5.41, 5.74) is 3.92. The topological polar surface area (TPSA) is 93.0 Å². The molecule has 36 heavy (non-hydrogen) atoms. The molecule has 2 aromatic heterocycles. The smallest absolute Gasteiger partial charge is 0.251 e. The second kappa shape index (κ2) is 10.7. The van der Waals surface area contributed by atoms with E-state index >= 15 is 0 Å². The SMILES string of the molecule is COc1ccc(C(CNC(=O)c2ccc(SCc3nc(C)no3)cc2)c2c[nH]c3ccccc23)cc1. The Morgan fingerprint density at radius 2 is 1.86 bits per heavy atom. The van der Waals surface area contributed by atoms with Crippen LogP contribution in [0.4, 0.5) is 0 Å². The molecule has 5 rings (SSSR count). The fraction of sp³-hybridized carbons (Fsp3) is 0.179. The van der Waals surface area contributed by atoms with Gasteiger partial charge in [-0.3, -0.25) is 4.79 Å². The third-order valence-electron chi connectivity index (χ3n) is 6.03. The van der Waals surface area contributed by atoms with Gasteiger partial charge >= 0.3 is 0 Å². The Morgan fingerprint density at radius 1 is 1.08 bits per heavy atom. The number of nitrogens with zero attached hydrogens (tertiary/aromatic N) is 2. The summed E-state index contributed by atoms with van der Waals surface area (Å²) in [6, 6.07) is 23.7. The van der Waals surface area contributed by atoms with Gasteiger partial charge in [0.25, 0.3) is 5.91 Å². The molecule has 0 aliphatic rings. The highest BCUT2D eigenvalue weighted by Crippen LogP contribution is 2.31. The number of aryl methyl sites for hydroxylation is 1. The number of carbonyl (C=O) groups excluding carboxylic acids is 1. The summed E-state index contributed by atoms with van der Waals surface area (Å²) in [7, 11) is 1.65. The predicted octanol–water partition coefficient (Wildman–Crippen LogP) is 5.72. The second-order valence-corrected chi connectivity index (χ2v) is 9.42. The summed E-state index contributed by atoms with van der Waals surface area (Å²) >= 11 is 1.58. The maximum Gasteiger partial charge on any atom is 0.251 e. The number of aromatic nitrogens is 3. The van der Waals surface area contributed by atoms with Gasteiger partial charge in [-0.25, -0.2) is 0 Å². The number of ether oxygens (including phenoxy) is 1. The van der Waals surface area contributed by atoms with Crippen molar-refractivity contribution in [1.29, 1.82) is 0 Å². The molecule has 0 aliphatic heterocycles. The number of H-pyrrole nitrogens is 1. The zero-order valence-electron chi connectivity index (χ0n) is 20.0. The van der Waals surface area contributed by atoms with Crippen molar-refractivity contribution < 1.29 is 14.1 Å². The Balaban J connectivity index is 1.30. The number of rotatable bonds is 9. The van der Waals surface area contributed by atoms with Crippen LogP contribution in [0, 0.1) is 6.92 Å². The minimum absolute atomic E-state index is 0.0244. The Hall–Kier alpha value is -4.04. The molecule has 5 aromatic rings. The van der Waals surface area contributed by atoms with Crippen molar-refractivity contribution in [3.63, 3.8) is 0 Å². The lowest BCUT2D eigenvalue weighted by atomic mass is 9.90. The molecule has 2 heterocycles. The first-order valence-electron chi connectivity index (χ1n) is 11.6. The quantitative estimate of drug-likeness (QED) is 0.253. The molecule has 1 unspecified atom stereocenters. The zero-order valence-corrected chi connectivity index (χ0v) is 20.8. The van der Waals surface area contributed by atoms with Gasteiger partial charge in [0.2, 0.25) is 5.89 Å². The number of hydrogen-bond donors (Lipinski definition) is 2. The van der Waals surface area contributed by atoms with Crippen molar-refractivity contribution in [2.24, 2.45) is 0 Å². The lowest BCUT2D eigenvalue weighted by Gasteiger charge is -2.19. The van der Waals surface area contributed by atoms with Crippen LogP contribution in [0.5, 0.6) is 5.75 Å². The van der Waals surface area contributed by atoms with Crippen LogP contribution in [0.15, 0.2) is 88.4 Å². The van der Waals surface area contributed by atoms with Gasteiger partial charge in [-0.15, -0.1) is 11.8 Å². The monoisotopic (exact) mass is 498 g/mol. The van der Waals surface area contributed by atoms with Crippen LogP contribution in [0.2, 0.25) is 0 Å². The second-order valence-electron chi connectivity index (χ2n) is 8.37. The minimum Gasteiger partial charge on any atom is -0.497 e. The van der Waals surface area contributed by atoms with Crippen LogP contribution in [0.25, 0.3) is 10.9 Å². The molecule has 0 saturated carbocycles. The molecule has 182 valence electrons. The molecule has 1 atom stereocenters. The van der Waals surface area contributed by atoms with Crippen LogP contribution >= 0.6 is 11.8 Å². The van der Waals surface area contributed by atoms with Gasteiger partial charge in [0.15, 0.2) is 5.82 Å². The molecule has 0 bridgehead atoms. The largest absolute Gasteiger partial charge is 0.497 e. The van der Waals surface area contributed by atoms with Crippen molar-refractivity contribution in [1.82, 2.24) is 20.4 Å². The van der Waals surface area contributed by atoms with Gasteiger partial charge in [0.1, 0.15) is 5.75 Å². The standard InChI is InChI=1S/C28H26N4O3S/c1-18-31-27(35-32-18)17-36-22-13-9-20(10-14-22)28(33)30-15-24(19-7-11-21(34-2)12-8-19)25-16-29-26-6-4-3-5-23(25)26/h3-14,16,24,29H,15,17H2,1-2H3,(H,30,33). The van der Waals surface area contributed by atoms with Gasteiger partial charge < -0.3 is 19.6 Å². The molecule has 7 nitrogen and oxygen atoms in total. The average Bonchev–Trinajstić information content (AvgIpc) is 3.54. The highest BCUT2D eigenvalue weighted by Gasteiger charge is 2.20. The highest BCUT2D eigenvalue weighted by atomic mass is 32.2. The van der Waals surface area contributed by atoms with Crippen molar-refractivity contribution in [3.05, 3.63) is 107 Å². The van der Waals surface area contributed by atoms with Crippen LogP contribution in [-0.2, 0) is 5.75 Å². The van der Waals surface area contributed by atoms with Gasteiger partial charge in [-0.1, -0.05) is 35.5 Å². The number of para-hydroxylation sites is 1. The Labute approximate surface area is 213 Å². The Morgan fingerprint density at radius 3 is 2.58 bits per heavy atom. The molecule has 2 N–H and O–H groups in total. The van der Waals surface area contributed by atoms with E-state index in [1.807, 2.05) is 66.9 Å². The molecule has 8 heteroatoms. The molecule has 0 radical (unpaired) electrons. The number of aromatic amines is 1. The zero-order chi connectivity index (χ0) is 24.9. The number of carbonyl (C=O) groups is 1. The van der Waals surface area contributed by atoms with Crippen molar-refractivity contribution in [2.45, 2.75) is 23.5 Å². The number of hydrogen-bond acceptors (Lipinski definition) is 6. The van der Waals surface area contributed by atoms with Crippen molar-refractivity contribution in [3.8, 4) is 5.75 Å². The Kier molecular flexibility index (Phi) is 7.04. The first-order valence-corrected chi connectivity index (χ1v) is 12.6. The van der Waals surface area contributed by atoms with Crippen LogP contribution in [0.3, 0.4) is 0 Å². The van der Waals surface area contributed by atoms with E-state index in [4.69, 9.17) is 9.26 Å². The van der Waals surface area contributed by atoms with E-state index in [0.717, 1.165) is 32.7 Å². The average molecular weight is 499 g/mol. The van der Waals surface area contributed by atoms with E-state index in [0.29, 0.717) is 29.6 Å². The fourth-order valence-electron chi connectivity index (χ4n) is 4.17. The van der Waals surface area contributed by atoms with E-state index in [9.17, 15) is 4.79 Å². The summed E-state index contributed by atoms with van der Waals surface area (Å²) < 4.78 is 10.5. The fourth-order valence-corrected chi connectivity index (χ4v) is 4.90. The molecule has 0 saturated heterocycles. The van der Waals surface area contributed by atoms with Crippen molar-refractivity contribution >= 4 is 28.6 Å². The van der Waals surface area contributed by atoms with Gasteiger partial charge in [-0.05, 0) is 60.5 Å². The number of fused-ring (bicyclic) bond motifs is 1. The van der Waals surface area contributed by atoms with Gasteiger partial charge in [0.05, 0.1) is 12.9 Å². The number of nitrogens with one attached hydrogen (secondary N) is 2.